The van der Waals surface area contributed by atoms with E-state index in [-0.39, 0.29) is 0 Å². The van der Waals surface area contributed by atoms with Crippen molar-refractivity contribution in [2.24, 2.45) is 0 Å². The van der Waals surface area contributed by atoms with Gasteiger partial charge in [-0.3, -0.25) is 0 Å². The molecule has 1 atom stereocenters. The van der Waals surface area contributed by atoms with E-state index in [1.54, 1.807) is 6.08 Å². The van der Waals surface area contributed by atoms with Gasteiger partial charge in [0, 0.05) is 4.47 Å². The third kappa shape index (κ3) is 10.9. The van der Waals surface area contributed by atoms with E-state index in [9.17, 15) is 0 Å². The zero-order chi connectivity index (χ0) is 31.0. The van der Waals surface area contributed by atoms with Crippen molar-refractivity contribution in [2.45, 2.75) is 40.0 Å². The Kier molecular flexibility index (Phi) is 13.7. The van der Waals surface area contributed by atoms with Crippen LogP contribution in [-0.4, -0.2) is 0 Å². The minimum Gasteiger partial charge on any atom is -0.0990 e. The first-order valence-corrected chi connectivity index (χ1v) is 15.6. The van der Waals surface area contributed by atoms with Crippen molar-refractivity contribution in [1.29, 1.82) is 0 Å². The van der Waals surface area contributed by atoms with Gasteiger partial charge in [-0.1, -0.05) is 188 Å². The molecule has 0 saturated carbocycles. The molecule has 1 heteroatoms. The normalized spacial score (nSPS) is 11.2. The lowest BCUT2D eigenvalue weighted by atomic mass is 9.96. The van der Waals surface area contributed by atoms with Gasteiger partial charge in [0.1, 0.15) is 0 Å². The van der Waals surface area contributed by atoms with Gasteiger partial charge in [0.05, 0.1) is 0 Å². The number of rotatable bonds is 7. The third-order valence-electron chi connectivity index (χ3n) is 7.33. The topological polar surface area (TPSA) is 0 Å². The van der Waals surface area contributed by atoms with E-state index in [1.165, 1.54) is 50.9 Å². The Bertz CT molecular complexity index is 1510. The molecule has 0 fully saturated rings. The maximum absolute atomic E-state index is 3.81. The van der Waals surface area contributed by atoms with E-state index in [4.69, 9.17) is 0 Å². The van der Waals surface area contributed by atoms with E-state index < -0.39 is 0 Å². The summed E-state index contributed by atoms with van der Waals surface area (Å²) in [6, 6.07) is 44.7. The second kappa shape index (κ2) is 17.7. The average molecular weight is 628 g/mol. The zero-order valence-corrected chi connectivity index (χ0v) is 27.5. The van der Waals surface area contributed by atoms with Crippen LogP contribution in [0.25, 0.3) is 27.8 Å². The number of halogens is 1. The largest absolute Gasteiger partial charge is 0.0990 e. The molecule has 1 unspecified atom stereocenters. The smallest absolute Gasteiger partial charge is 0.0175 e. The van der Waals surface area contributed by atoms with Gasteiger partial charge >= 0.3 is 0 Å². The average Bonchev–Trinajstić information content (AvgIpc) is 3.05. The number of allylic oxidation sites excluding steroid dienone is 4. The fourth-order valence-electron chi connectivity index (χ4n) is 4.41. The lowest BCUT2D eigenvalue weighted by Gasteiger charge is -2.10. The summed E-state index contributed by atoms with van der Waals surface area (Å²) < 4.78 is 1.12. The molecular formula is C42H43Br. The molecular weight excluding hydrogens is 584 g/mol. The Hall–Kier alpha value is -4.20. The van der Waals surface area contributed by atoms with Crippen molar-refractivity contribution in [2.75, 3.05) is 0 Å². The summed E-state index contributed by atoms with van der Waals surface area (Å²) >= 11 is 3.43. The Labute approximate surface area is 268 Å². The minimum absolute atomic E-state index is 0.629. The molecule has 0 saturated heterocycles. The Morgan fingerprint density at radius 1 is 0.628 bits per heavy atom. The van der Waals surface area contributed by atoms with Crippen LogP contribution in [0, 0.1) is 13.8 Å². The van der Waals surface area contributed by atoms with Gasteiger partial charge in [0.2, 0.25) is 0 Å². The molecule has 0 bridgehead atoms. The summed E-state index contributed by atoms with van der Waals surface area (Å²) in [4.78, 5) is 0. The predicted molar refractivity (Wildman–Crippen MR) is 194 cm³/mol. The summed E-state index contributed by atoms with van der Waals surface area (Å²) in [5.41, 5.74) is 11.4. The van der Waals surface area contributed by atoms with Crippen LogP contribution in [0.3, 0.4) is 0 Å². The van der Waals surface area contributed by atoms with Crippen molar-refractivity contribution in [3.63, 3.8) is 0 Å². The van der Waals surface area contributed by atoms with E-state index in [2.05, 4.69) is 178 Å². The van der Waals surface area contributed by atoms with Gasteiger partial charge in [-0.2, -0.15) is 0 Å². The maximum Gasteiger partial charge on any atom is 0.0175 e. The van der Waals surface area contributed by atoms with Crippen LogP contribution in [0.4, 0.5) is 0 Å². The SMILES string of the molecule is C=C/C=C(\C=C)c1ccc(C(C)CC)cc1.Cc1ccc(-c2ccc(Br)cc2)cc1.Cc1ccc(-c2ccccc2)cc1. The summed E-state index contributed by atoms with van der Waals surface area (Å²) in [6.45, 7) is 16.2. The molecule has 0 aliphatic rings. The van der Waals surface area contributed by atoms with Gasteiger partial charge in [-0.25, -0.2) is 0 Å². The second-order valence-corrected chi connectivity index (χ2v) is 11.5. The van der Waals surface area contributed by atoms with Crippen molar-refractivity contribution in [1.82, 2.24) is 0 Å². The lowest BCUT2D eigenvalue weighted by Crippen LogP contribution is -1.91. The number of benzene rings is 5. The molecule has 0 nitrogen and oxygen atoms in total. The number of aryl methyl sites for hydroxylation is 2. The highest BCUT2D eigenvalue weighted by atomic mass is 79.9. The van der Waals surface area contributed by atoms with Crippen LogP contribution >= 0.6 is 15.9 Å². The van der Waals surface area contributed by atoms with Crippen LogP contribution in [0.1, 0.15) is 48.4 Å². The molecule has 0 N–H and O–H groups in total. The maximum atomic E-state index is 3.81. The highest BCUT2D eigenvalue weighted by molar-refractivity contribution is 9.10. The molecule has 0 aliphatic carbocycles. The number of hydrogen-bond donors (Lipinski definition) is 0. The molecule has 0 aromatic heterocycles. The number of hydrogen-bond acceptors (Lipinski definition) is 0. The highest BCUT2D eigenvalue weighted by Crippen LogP contribution is 2.23. The van der Waals surface area contributed by atoms with Crippen LogP contribution in [-0.2, 0) is 0 Å². The minimum atomic E-state index is 0.629. The fraction of sp³-hybridized carbons (Fsp3) is 0.143. The van der Waals surface area contributed by atoms with Gasteiger partial charge in [-0.15, -0.1) is 0 Å². The monoisotopic (exact) mass is 626 g/mol. The molecule has 5 aromatic rings. The Morgan fingerprint density at radius 2 is 1.07 bits per heavy atom. The summed E-state index contributed by atoms with van der Waals surface area (Å²) in [5, 5.41) is 0. The first-order chi connectivity index (χ1) is 20.8. The Balaban J connectivity index is 0.000000177. The predicted octanol–water partition coefficient (Wildman–Crippen LogP) is 13.0. The molecule has 0 radical (unpaired) electrons. The molecule has 5 aromatic carbocycles. The van der Waals surface area contributed by atoms with E-state index in [0.29, 0.717) is 5.92 Å². The van der Waals surface area contributed by atoms with Crippen LogP contribution in [0.2, 0.25) is 0 Å². The first-order valence-electron chi connectivity index (χ1n) is 14.8. The molecule has 0 amide bonds. The van der Waals surface area contributed by atoms with Gasteiger partial charge < -0.3 is 0 Å². The molecule has 0 heterocycles. The molecule has 5 rings (SSSR count). The standard InChI is InChI=1S/C16H20.C13H11Br.C13H12/c1-5-8-14(7-3)16-11-9-15(10-12-16)13(4)6-2;1-10-2-4-11(5-3-10)12-6-8-13(14)9-7-12;1-11-7-9-13(10-8-11)12-5-3-2-4-6-12/h5,7-13H,1,3,6H2,2,4H3;2-9H,1H3;2-10H,1H3/b14-8+;;. The van der Waals surface area contributed by atoms with Crippen LogP contribution in [0.5, 0.6) is 0 Å². The van der Waals surface area contributed by atoms with Crippen molar-refractivity contribution >= 4 is 21.5 Å². The summed E-state index contributed by atoms with van der Waals surface area (Å²) in [6.07, 6.45) is 6.81. The Morgan fingerprint density at radius 3 is 1.49 bits per heavy atom. The zero-order valence-electron chi connectivity index (χ0n) is 25.9. The van der Waals surface area contributed by atoms with Gasteiger partial charge in [0.15, 0.2) is 0 Å². The quantitative estimate of drug-likeness (QED) is 0.158. The van der Waals surface area contributed by atoms with E-state index in [0.717, 1.165) is 10.0 Å². The van der Waals surface area contributed by atoms with Crippen molar-refractivity contribution < 1.29 is 0 Å². The van der Waals surface area contributed by atoms with E-state index in [1.807, 2.05) is 18.2 Å². The second-order valence-electron chi connectivity index (χ2n) is 10.6. The van der Waals surface area contributed by atoms with Gasteiger partial charge in [0.25, 0.3) is 0 Å². The lowest BCUT2D eigenvalue weighted by molar-refractivity contribution is 0.733. The van der Waals surface area contributed by atoms with Crippen molar-refractivity contribution in [3.05, 3.63) is 186 Å². The fourth-order valence-corrected chi connectivity index (χ4v) is 4.68. The third-order valence-corrected chi connectivity index (χ3v) is 7.86. The molecule has 43 heavy (non-hydrogen) atoms. The molecule has 0 spiro atoms. The van der Waals surface area contributed by atoms with E-state index >= 15 is 0 Å². The first kappa shape index (κ1) is 33.3. The van der Waals surface area contributed by atoms with Crippen LogP contribution in [0.15, 0.2) is 163 Å². The van der Waals surface area contributed by atoms with Crippen LogP contribution < -0.4 is 0 Å². The summed E-state index contributed by atoms with van der Waals surface area (Å²) in [5.74, 6) is 0.629. The molecule has 0 aliphatic heterocycles. The summed E-state index contributed by atoms with van der Waals surface area (Å²) in [7, 11) is 0. The highest BCUT2D eigenvalue weighted by Gasteiger charge is 2.03. The van der Waals surface area contributed by atoms with Crippen molar-refractivity contribution in [3.8, 4) is 22.3 Å². The van der Waals surface area contributed by atoms with Gasteiger partial charge in [-0.05, 0) is 77.3 Å². The molecule has 218 valence electrons.